The Labute approximate surface area is 128 Å². The van der Waals surface area contributed by atoms with Crippen LogP contribution in [0.3, 0.4) is 0 Å². The van der Waals surface area contributed by atoms with E-state index in [1.807, 2.05) is 10.9 Å². The Morgan fingerprint density at radius 1 is 1.24 bits per heavy atom. The van der Waals surface area contributed by atoms with Gasteiger partial charge in [-0.05, 0) is 52.2 Å². The van der Waals surface area contributed by atoms with Gasteiger partial charge in [0.25, 0.3) is 0 Å². The minimum absolute atomic E-state index is 0.0466. The maximum Gasteiger partial charge on any atom is 0.0543 e. The third kappa shape index (κ3) is 4.43. The molecule has 0 amide bonds. The maximum absolute atomic E-state index is 4.44. The number of hydrogen-bond donors (Lipinski definition) is 1. The number of benzene rings is 1. The third-order valence-corrected chi connectivity index (χ3v) is 3.77. The number of hydrogen-bond acceptors (Lipinski definition) is 2. The van der Waals surface area contributed by atoms with Gasteiger partial charge >= 0.3 is 0 Å². The Balaban J connectivity index is 1.88. The van der Waals surface area contributed by atoms with E-state index in [1.165, 1.54) is 16.7 Å². The molecular weight excluding hydrogens is 258 g/mol. The first kappa shape index (κ1) is 15.8. The summed E-state index contributed by atoms with van der Waals surface area (Å²) in [5.41, 5.74) is 4.07. The van der Waals surface area contributed by atoms with Gasteiger partial charge in [-0.25, -0.2) is 0 Å². The van der Waals surface area contributed by atoms with Crippen molar-refractivity contribution in [3.63, 3.8) is 0 Å². The van der Waals surface area contributed by atoms with Gasteiger partial charge in [0.2, 0.25) is 0 Å². The van der Waals surface area contributed by atoms with Crippen LogP contribution in [0.15, 0.2) is 36.7 Å². The minimum atomic E-state index is 0.0466. The molecule has 21 heavy (non-hydrogen) atoms. The van der Waals surface area contributed by atoms with E-state index < -0.39 is 0 Å². The zero-order valence-electron chi connectivity index (χ0n) is 13.9. The van der Waals surface area contributed by atoms with Crippen LogP contribution in [0.1, 0.15) is 44.4 Å². The molecule has 0 aliphatic rings. The molecular formula is C18H27N3. The Kier molecular flexibility index (Phi) is 4.84. The third-order valence-electron chi connectivity index (χ3n) is 3.77. The summed E-state index contributed by atoms with van der Waals surface area (Å²) in [6.07, 6.45) is 5.15. The summed E-state index contributed by atoms with van der Waals surface area (Å²) < 4.78 is 2.02. The van der Waals surface area contributed by atoms with Crippen LogP contribution >= 0.6 is 0 Å². The first-order valence-electron chi connectivity index (χ1n) is 7.68. The van der Waals surface area contributed by atoms with Crippen LogP contribution in [0.2, 0.25) is 0 Å². The minimum Gasteiger partial charge on any atom is -0.310 e. The molecule has 1 unspecified atom stereocenters. The maximum atomic E-state index is 4.44. The van der Waals surface area contributed by atoms with Gasteiger partial charge in [0, 0.05) is 24.3 Å². The molecule has 1 N–H and O–H groups in total. The second-order valence-corrected chi connectivity index (χ2v) is 6.88. The van der Waals surface area contributed by atoms with E-state index in [0.29, 0.717) is 6.04 Å². The monoisotopic (exact) mass is 285 g/mol. The van der Waals surface area contributed by atoms with E-state index in [1.54, 1.807) is 0 Å². The molecule has 1 atom stereocenters. The van der Waals surface area contributed by atoms with Crippen molar-refractivity contribution in [2.75, 3.05) is 0 Å². The highest BCUT2D eigenvalue weighted by molar-refractivity contribution is 5.26. The molecule has 1 aromatic heterocycles. The van der Waals surface area contributed by atoms with Gasteiger partial charge in [0.15, 0.2) is 0 Å². The number of nitrogens with zero attached hydrogens (tertiary/aromatic N) is 2. The van der Waals surface area contributed by atoms with E-state index in [0.717, 1.165) is 13.0 Å². The summed E-state index contributed by atoms with van der Waals surface area (Å²) in [5, 5.41) is 8.03. The quantitative estimate of drug-likeness (QED) is 0.908. The topological polar surface area (TPSA) is 29.9 Å². The molecule has 0 aliphatic carbocycles. The average molecular weight is 285 g/mol. The predicted molar refractivity (Wildman–Crippen MR) is 88.4 cm³/mol. The van der Waals surface area contributed by atoms with Crippen molar-refractivity contribution in [2.45, 2.75) is 59.2 Å². The van der Waals surface area contributed by atoms with E-state index >= 15 is 0 Å². The molecule has 3 heteroatoms. The number of rotatable bonds is 5. The Hall–Kier alpha value is -1.61. The van der Waals surface area contributed by atoms with Crippen molar-refractivity contribution in [1.82, 2.24) is 15.1 Å². The molecule has 0 radical (unpaired) electrons. The summed E-state index contributed by atoms with van der Waals surface area (Å²) in [4.78, 5) is 0. The highest BCUT2D eigenvalue weighted by Crippen LogP contribution is 2.14. The van der Waals surface area contributed by atoms with Crippen molar-refractivity contribution in [3.8, 4) is 0 Å². The molecule has 0 fully saturated rings. The van der Waals surface area contributed by atoms with Crippen LogP contribution in [0.5, 0.6) is 0 Å². The van der Waals surface area contributed by atoms with Gasteiger partial charge in [-0.15, -0.1) is 0 Å². The van der Waals surface area contributed by atoms with Crippen molar-refractivity contribution in [3.05, 3.63) is 53.3 Å². The molecule has 114 valence electrons. The smallest absolute Gasteiger partial charge is 0.0543 e. The molecule has 1 heterocycles. The van der Waals surface area contributed by atoms with Gasteiger partial charge in [0.05, 0.1) is 11.7 Å². The first-order chi connectivity index (χ1) is 9.86. The van der Waals surface area contributed by atoms with Gasteiger partial charge in [-0.2, -0.15) is 5.10 Å². The lowest BCUT2D eigenvalue weighted by molar-refractivity contribution is 0.355. The van der Waals surface area contributed by atoms with Crippen LogP contribution in [0.4, 0.5) is 0 Å². The van der Waals surface area contributed by atoms with Crippen LogP contribution in [0.25, 0.3) is 0 Å². The molecule has 0 bridgehead atoms. The van der Waals surface area contributed by atoms with Crippen LogP contribution < -0.4 is 5.32 Å². The Bertz CT molecular complexity index is 578. The molecule has 2 rings (SSSR count). The van der Waals surface area contributed by atoms with Gasteiger partial charge in [0.1, 0.15) is 0 Å². The Morgan fingerprint density at radius 2 is 1.95 bits per heavy atom. The lowest BCUT2D eigenvalue weighted by atomic mass is 10.0. The molecule has 0 saturated heterocycles. The lowest BCUT2D eigenvalue weighted by Crippen LogP contribution is -2.27. The Morgan fingerprint density at radius 3 is 2.57 bits per heavy atom. The normalized spacial score (nSPS) is 13.4. The summed E-state index contributed by atoms with van der Waals surface area (Å²) in [7, 11) is 0. The van der Waals surface area contributed by atoms with Crippen molar-refractivity contribution >= 4 is 0 Å². The molecule has 0 aliphatic heterocycles. The average Bonchev–Trinajstić information content (AvgIpc) is 2.88. The van der Waals surface area contributed by atoms with Gasteiger partial charge in [-0.1, -0.05) is 24.3 Å². The van der Waals surface area contributed by atoms with Gasteiger partial charge < -0.3 is 5.32 Å². The zero-order valence-corrected chi connectivity index (χ0v) is 13.9. The first-order valence-corrected chi connectivity index (χ1v) is 7.68. The largest absolute Gasteiger partial charge is 0.310 e. The molecule has 0 spiro atoms. The number of nitrogens with one attached hydrogen (secondary N) is 1. The fraction of sp³-hybridized carbons (Fsp3) is 0.500. The second-order valence-electron chi connectivity index (χ2n) is 6.88. The molecule has 3 nitrogen and oxygen atoms in total. The van der Waals surface area contributed by atoms with Gasteiger partial charge in [-0.3, -0.25) is 4.68 Å². The fourth-order valence-electron chi connectivity index (χ4n) is 2.35. The standard InChI is InChI=1S/C18H27N3/c1-14-8-6-7-9-17(14)10-15(2)19-11-16-12-20-21(13-16)18(3,4)5/h6-9,12-13,15,19H,10-11H2,1-5H3. The van der Waals surface area contributed by atoms with E-state index in [2.05, 4.69) is 75.5 Å². The predicted octanol–water partition coefficient (Wildman–Crippen LogP) is 3.67. The highest BCUT2D eigenvalue weighted by Gasteiger charge is 2.14. The summed E-state index contributed by atoms with van der Waals surface area (Å²) in [6.45, 7) is 11.8. The zero-order chi connectivity index (χ0) is 15.5. The molecule has 0 saturated carbocycles. The number of aromatic nitrogens is 2. The van der Waals surface area contributed by atoms with Crippen molar-refractivity contribution in [1.29, 1.82) is 0 Å². The highest BCUT2D eigenvalue weighted by atomic mass is 15.3. The summed E-state index contributed by atoms with van der Waals surface area (Å²) in [6, 6.07) is 9.05. The summed E-state index contributed by atoms with van der Waals surface area (Å²) >= 11 is 0. The van der Waals surface area contributed by atoms with Crippen LogP contribution in [-0.4, -0.2) is 15.8 Å². The second kappa shape index (κ2) is 6.44. The van der Waals surface area contributed by atoms with Crippen molar-refractivity contribution < 1.29 is 0 Å². The van der Waals surface area contributed by atoms with E-state index in [9.17, 15) is 0 Å². The lowest BCUT2D eigenvalue weighted by Gasteiger charge is -2.19. The van der Waals surface area contributed by atoms with E-state index in [4.69, 9.17) is 0 Å². The van der Waals surface area contributed by atoms with E-state index in [-0.39, 0.29) is 5.54 Å². The van der Waals surface area contributed by atoms with Crippen LogP contribution in [-0.2, 0) is 18.5 Å². The van der Waals surface area contributed by atoms with Crippen molar-refractivity contribution in [2.24, 2.45) is 0 Å². The van der Waals surface area contributed by atoms with Crippen LogP contribution in [0, 0.1) is 6.92 Å². The molecule has 2 aromatic rings. The fourth-order valence-corrected chi connectivity index (χ4v) is 2.35. The summed E-state index contributed by atoms with van der Waals surface area (Å²) in [5.74, 6) is 0. The molecule has 1 aromatic carbocycles. The SMILES string of the molecule is Cc1ccccc1CC(C)NCc1cnn(C(C)(C)C)c1. The number of aryl methyl sites for hydroxylation is 1.